The number of benzene rings is 1. The Bertz CT molecular complexity index is 759. The SMILES string of the molecule is C[C](=[Zr+2])c1ccccc1.[C-]1=CC=CC1.[Cl-].[Cl-].[cH-]1c2c(c3c1CCCC3)CCCC2. The van der Waals surface area contributed by atoms with Crippen LogP contribution in [0.25, 0.3) is 0 Å². The molecule has 0 bridgehead atoms. The predicted molar refractivity (Wildman–Crippen MR) is 113 cm³/mol. The van der Waals surface area contributed by atoms with Crippen molar-refractivity contribution in [2.45, 2.75) is 64.7 Å². The van der Waals surface area contributed by atoms with Gasteiger partial charge in [-0.05, 0) is 0 Å². The molecular formula is C26H30Cl2Zr-2. The Balaban J connectivity index is 0.000000231. The molecule has 0 unspecified atom stereocenters. The van der Waals surface area contributed by atoms with Gasteiger partial charge in [0.25, 0.3) is 0 Å². The van der Waals surface area contributed by atoms with Crippen LogP contribution in [0.3, 0.4) is 0 Å². The van der Waals surface area contributed by atoms with E-state index in [1.54, 1.807) is 22.3 Å². The second kappa shape index (κ2) is 14.4. The Morgan fingerprint density at radius 1 is 0.862 bits per heavy atom. The van der Waals surface area contributed by atoms with Gasteiger partial charge in [-0.2, -0.15) is 34.4 Å². The van der Waals surface area contributed by atoms with Crippen LogP contribution in [0.2, 0.25) is 0 Å². The van der Waals surface area contributed by atoms with Gasteiger partial charge in [0.1, 0.15) is 0 Å². The first kappa shape index (κ1) is 26.4. The third-order valence-corrected chi connectivity index (χ3v) is 6.24. The molecule has 29 heavy (non-hydrogen) atoms. The van der Waals surface area contributed by atoms with E-state index in [1.165, 1.54) is 84.4 Å². The van der Waals surface area contributed by atoms with Gasteiger partial charge in [-0.25, -0.2) is 12.2 Å². The second-order valence-electron chi connectivity index (χ2n) is 7.56. The number of allylic oxidation sites excluding steroid dienone is 4. The molecule has 0 atom stereocenters. The Morgan fingerprint density at radius 3 is 1.79 bits per heavy atom. The van der Waals surface area contributed by atoms with Crippen LogP contribution in [0.15, 0.2) is 54.6 Å². The van der Waals surface area contributed by atoms with Crippen molar-refractivity contribution in [1.82, 2.24) is 0 Å². The summed E-state index contributed by atoms with van der Waals surface area (Å²) in [5, 5.41) is 0. The van der Waals surface area contributed by atoms with Crippen molar-refractivity contribution in [3.63, 3.8) is 0 Å². The van der Waals surface area contributed by atoms with Crippen molar-refractivity contribution in [1.29, 1.82) is 0 Å². The summed E-state index contributed by atoms with van der Waals surface area (Å²) in [7, 11) is 0. The summed E-state index contributed by atoms with van der Waals surface area (Å²) in [6, 6.07) is 13.0. The predicted octanol–water partition coefficient (Wildman–Crippen LogP) is 0.251. The van der Waals surface area contributed by atoms with Gasteiger partial charge < -0.3 is 24.8 Å². The largest absolute Gasteiger partial charge is 1.00 e. The van der Waals surface area contributed by atoms with Crippen LogP contribution in [0.5, 0.6) is 0 Å². The van der Waals surface area contributed by atoms with Gasteiger partial charge in [-0.3, -0.25) is 6.08 Å². The van der Waals surface area contributed by atoms with Crippen molar-refractivity contribution in [2.24, 2.45) is 0 Å². The maximum absolute atomic E-state index is 2.99. The standard InChI is InChI=1S/C13H17.C8H8.C5H5.2ClH.Zr/c1-3-7-12-10(5-1)9-11-6-2-4-8-13(11)12;1-2-8-6-4-3-5-7-8;1-2-4-5-3-1;;;/h9H,1-8H2;3-7H,1H3;1-3H,4H2;2*1H;/q-1;;-1;;;+2/p-2. The molecule has 0 saturated carbocycles. The minimum absolute atomic E-state index is 0. The maximum atomic E-state index is 2.99. The quantitative estimate of drug-likeness (QED) is 0.489. The first-order chi connectivity index (χ1) is 13.3. The van der Waals surface area contributed by atoms with Gasteiger partial charge >= 0.3 is 70.3 Å². The number of fused-ring (bicyclic) bond motifs is 3. The first-order valence-electron chi connectivity index (χ1n) is 10.4. The van der Waals surface area contributed by atoms with Gasteiger partial charge in [0.15, 0.2) is 0 Å². The molecular weight excluding hydrogens is 474 g/mol. The van der Waals surface area contributed by atoms with Gasteiger partial charge in [-0.15, -0.1) is 6.42 Å². The van der Waals surface area contributed by atoms with Crippen LogP contribution in [-0.4, -0.2) is 3.21 Å². The third kappa shape index (κ3) is 8.20. The molecule has 0 N–H and O–H groups in total. The van der Waals surface area contributed by atoms with Crippen molar-refractivity contribution < 1.29 is 49.0 Å². The molecule has 0 aliphatic heterocycles. The molecule has 0 heterocycles. The normalized spacial score (nSPS) is 15.3. The number of hydrogen-bond acceptors (Lipinski definition) is 0. The van der Waals surface area contributed by atoms with E-state index in [2.05, 4.69) is 49.4 Å². The van der Waals surface area contributed by atoms with E-state index in [1.807, 2.05) is 18.2 Å². The topological polar surface area (TPSA) is 0 Å². The summed E-state index contributed by atoms with van der Waals surface area (Å²) in [6.45, 7) is 2.16. The first-order valence-corrected chi connectivity index (χ1v) is 11.6. The van der Waals surface area contributed by atoms with E-state index in [0.29, 0.717) is 0 Å². The van der Waals surface area contributed by atoms with Gasteiger partial charge in [0.05, 0.1) is 0 Å². The summed E-state index contributed by atoms with van der Waals surface area (Å²) in [4.78, 5) is 0. The smallest absolute Gasteiger partial charge is 0.0512 e. The van der Waals surface area contributed by atoms with Crippen molar-refractivity contribution in [2.75, 3.05) is 0 Å². The van der Waals surface area contributed by atoms with Crippen LogP contribution in [0, 0.1) is 6.08 Å². The van der Waals surface area contributed by atoms with E-state index in [4.69, 9.17) is 0 Å². The molecule has 0 radical (unpaired) electrons. The molecule has 0 nitrogen and oxygen atoms in total. The zero-order valence-electron chi connectivity index (χ0n) is 17.3. The van der Waals surface area contributed by atoms with Crippen LogP contribution >= 0.6 is 0 Å². The summed E-state index contributed by atoms with van der Waals surface area (Å²) >= 11 is 1.51. The molecule has 3 heteroatoms. The van der Waals surface area contributed by atoms with Crippen LogP contribution in [0.1, 0.15) is 66.8 Å². The van der Waals surface area contributed by atoms with Crippen LogP contribution in [0.4, 0.5) is 0 Å². The molecule has 3 aliphatic carbocycles. The van der Waals surface area contributed by atoms with Crippen molar-refractivity contribution in [3.05, 3.63) is 88.5 Å². The number of halogens is 2. The molecule has 2 aromatic rings. The molecule has 0 fully saturated rings. The molecule has 3 aliphatic rings. The van der Waals surface area contributed by atoms with E-state index in [0.717, 1.165) is 6.42 Å². The Labute approximate surface area is 204 Å². The Morgan fingerprint density at radius 2 is 1.41 bits per heavy atom. The number of rotatable bonds is 1. The van der Waals surface area contributed by atoms with E-state index in [9.17, 15) is 0 Å². The summed E-state index contributed by atoms with van der Waals surface area (Å²) in [6.07, 6.45) is 21.2. The molecule has 0 saturated heterocycles. The molecule has 2 aromatic carbocycles. The maximum Gasteiger partial charge on any atom is -0.0512 e. The summed E-state index contributed by atoms with van der Waals surface area (Å²) in [5.74, 6) is 0. The molecule has 0 spiro atoms. The van der Waals surface area contributed by atoms with E-state index < -0.39 is 0 Å². The minimum Gasteiger partial charge on any atom is -1.00 e. The number of aryl methyl sites for hydroxylation is 2. The van der Waals surface area contributed by atoms with E-state index >= 15 is 0 Å². The zero-order chi connectivity index (χ0) is 18.9. The van der Waals surface area contributed by atoms with Crippen LogP contribution in [-0.2, 0) is 49.9 Å². The summed E-state index contributed by atoms with van der Waals surface area (Å²) < 4.78 is 1.46. The van der Waals surface area contributed by atoms with Gasteiger partial charge in [-0.1, -0.05) is 51.4 Å². The summed E-state index contributed by atoms with van der Waals surface area (Å²) in [5.41, 5.74) is 8.31. The van der Waals surface area contributed by atoms with Crippen molar-refractivity contribution >= 4 is 3.21 Å². The van der Waals surface area contributed by atoms with Gasteiger partial charge in [0, 0.05) is 0 Å². The van der Waals surface area contributed by atoms with E-state index in [-0.39, 0.29) is 24.8 Å². The molecule has 0 amide bonds. The fraction of sp³-hybridized carbons (Fsp3) is 0.385. The Hall–Kier alpha value is -0.617. The molecule has 0 aromatic heterocycles. The second-order valence-corrected chi connectivity index (χ2v) is 9.40. The zero-order valence-corrected chi connectivity index (χ0v) is 21.3. The average molecular weight is 505 g/mol. The number of hydrogen-bond donors (Lipinski definition) is 0. The van der Waals surface area contributed by atoms with Gasteiger partial charge in [0.2, 0.25) is 0 Å². The molecule has 5 rings (SSSR count). The average Bonchev–Trinajstić information content (AvgIpc) is 3.41. The fourth-order valence-electron chi connectivity index (χ4n) is 4.10. The third-order valence-electron chi connectivity index (χ3n) is 5.53. The van der Waals surface area contributed by atoms with Crippen molar-refractivity contribution in [3.8, 4) is 0 Å². The Kier molecular flexibility index (Phi) is 13.1. The van der Waals surface area contributed by atoms with Crippen LogP contribution < -0.4 is 24.8 Å². The monoisotopic (exact) mass is 502 g/mol. The molecule has 154 valence electrons. The minimum atomic E-state index is 0. The fourth-order valence-corrected chi connectivity index (χ4v) is 4.51.